The average molecular weight is 419 g/mol. The van der Waals surface area contributed by atoms with Gasteiger partial charge in [0.05, 0.1) is 0 Å². The van der Waals surface area contributed by atoms with Crippen molar-refractivity contribution in [3.8, 4) is 5.75 Å². The van der Waals surface area contributed by atoms with Crippen LogP contribution in [0.2, 0.25) is 0 Å². The van der Waals surface area contributed by atoms with Gasteiger partial charge in [0, 0.05) is 22.3 Å². The van der Waals surface area contributed by atoms with Gasteiger partial charge in [-0.05, 0) is 61.4 Å². The van der Waals surface area contributed by atoms with Crippen molar-refractivity contribution < 1.29 is 14.3 Å². The average Bonchev–Trinajstić information content (AvgIpc) is 2.63. The van der Waals surface area contributed by atoms with Gasteiger partial charge in [0.2, 0.25) is 0 Å². The van der Waals surface area contributed by atoms with E-state index in [1.807, 2.05) is 19.1 Å². The molecular formula is C20H23BrN2O3. The van der Waals surface area contributed by atoms with Gasteiger partial charge in [0.1, 0.15) is 5.75 Å². The second kappa shape index (κ2) is 9.97. The van der Waals surface area contributed by atoms with Crippen molar-refractivity contribution in [2.45, 2.75) is 26.7 Å². The summed E-state index contributed by atoms with van der Waals surface area (Å²) in [5.41, 5.74) is 2.23. The largest absolute Gasteiger partial charge is 0.484 e. The quantitative estimate of drug-likeness (QED) is 0.627. The number of hydrogen-bond acceptors (Lipinski definition) is 3. The van der Waals surface area contributed by atoms with Crippen LogP contribution in [0.4, 0.5) is 5.69 Å². The van der Waals surface area contributed by atoms with Crippen molar-refractivity contribution in [3.05, 3.63) is 58.1 Å². The zero-order valence-corrected chi connectivity index (χ0v) is 16.6. The highest BCUT2D eigenvalue weighted by molar-refractivity contribution is 9.10. The van der Waals surface area contributed by atoms with E-state index in [1.165, 1.54) is 0 Å². The zero-order chi connectivity index (χ0) is 18.9. The summed E-state index contributed by atoms with van der Waals surface area (Å²) in [4.78, 5) is 23.9. The van der Waals surface area contributed by atoms with Crippen LogP contribution in [0.5, 0.6) is 5.75 Å². The van der Waals surface area contributed by atoms with Gasteiger partial charge < -0.3 is 15.4 Å². The fourth-order valence-corrected chi connectivity index (χ4v) is 2.49. The standard InChI is InChI=1S/C20H23BrN2O3/c1-3-4-11-22-20(25)15-5-7-16(8-6-15)23-19(24)13-26-17-9-10-18(21)14(2)12-17/h5-10,12H,3-4,11,13H2,1-2H3,(H,22,25)(H,23,24). The Labute approximate surface area is 162 Å². The molecule has 0 heterocycles. The fraction of sp³-hybridized carbons (Fsp3) is 0.300. The first kappa shape index (κ1) is 20.0. The number of aryl methyl sites for hydroxylation is 1. The van der Waals surface area contributed by atoms with Gasteiger partial charge in [-0.3, -0.25) is 9.59 Å². The molecule has 0 fully saturated rings. The van der Waals surface area contributed by atoms with E-state index in [0.29, 0.717) is 23.5 Å². The van der Waals surface area contributed by atoms with Crippen molar-refractivity contribution in [2.75, 3.05) is 18.5 Å². The van der Waals surface area contributed by atoms with E-state index in [2.05, 4.69) is 33.5 Å². The van der Waals surface area contributed by atoms with Gasteiger partial charge >= 0.3 is 0 Å². The first-order valence-electron chi connectivity index (χ1n) is 8.56. The van der Waals surface area contributed by atoms with Crippen molar-refractivity contribution in [1.29, 1.82) is 0 Å². The van der Waals surface area contributed by atoms with E-state index < -0.39 is 0 Å². The summed E-state index contributed by atoms with van der Waals surface area (Å²) in [6.07, 6.45) is 1.99. The Bertz CT molecular complexity index is 760. The van der Waals surface area contributed by atoms with Crippen molar-refractivity contribution >= 4 is 33.4 Å². The third-order valence-corrected chi connectivity index (χ3v) is 4.64. The number of halogens is 1. The predicted octanol–water partition coefficient (Wildman–Crippen LogP) is 4.30. The Morgan fingerprint density at radius 3 is 2.50 bits per heavy atom. The minimum Gasteiger partial charge on any atom is -0.484 e. The Morgan fingerprint density at radius 2 is 1.85 bits per heavy atom. The number of rotatable bonds is 8. The Hall–Kier alpha value is -2.34. The molecule has 0 aliphatic rings. The van der Waals surface area contributed by atoms with Gasteiger partial charge in [-0.25, -0.2) is 0 Å². The second-order valence-corrected chi connectivity index (χ2v) is 6.79. The molecule has 2 aromatic rings. The van der Waals surface area contributed by atoms with Crippen LogP contribution in [-0.2, 0) is 4.79 Å². The van der Waals surface area contributed by atoms with Gasteiger partial charge in [-0.1, -0.05) is 29.3 Å². The number of anilines is 1. The lowest BCUT2D eigenvalue weighted by Crippen LogP contribution is -2.24. The molecule has 0 aromatic heterocycles. The van der Waals surface area contributed by atoms with Gasteiger partial charge in [-0.15, -0.1) is 0 Å². The third kappa shape index (κ3) is 6.19. The van der Waals surface area contributed by atoms with Crippen LogP contribution in [0.1, 0.15) is 35.7 Å². The summed E-state index contributed by atoms with van der Waals surface area (Å²) in [6, 6.07) is 12.3. The minimum absolute atomic E-state index is 0.0830. The van der Waals surface area contributed by atoms with Crippen LogP contribution in [0.25, 0.3) is 0 Å². The maximum absolute atomic E-state index is 12.0. The number of amides is 2. The van der Waals surface area contributed by atoms with Crippen LogP contribution in [0.15, 0.2) is 46.9 Å². The van der Waals surface area contributed by atoms with Gasteiger partial charge in [0.25, 0.3) is 11.8 Å². The molecule has 2 N–H and O–H groups in total. The predicted molar refractivity (Wildman–Crippen MR) is 107 cm³/mol. The Balaban J connectivity index is 1.83. The number of ether oxygens (including phenoxy) is 1. The van der Waals surface area contributed by atoms with E-state index in [4.69, 9.17) is 4.74 Å². The minimum atomic E-state index is -0.259. The zero-order valence-electron chi connectivity index (χ0n) is 15.0. The maximum atomic E-state index is 12.0. The summed E-state index contributed by atoms with van der Waals surface area (Å²) >= 11 is 3.42. The molecule has 0 aliphatic carbocycles. The fourth-order valence-electron chi connectivity index (χ4n) is 2.24. The summed E-state index contributed by atoms with van der Waals surface area (Å²) in [5.74, 6) is 0.274. The highest BCUT2D eigenvalue weighted by Crippen LogP contribution is 2.21. The SMILES string of the molecule is CCCCNC(=O)c1ccc(NC(=O)COc2ccc(Br)c(C)c2)cc1. The molecule has 0 bridgehead atoms. The van der Waals surface area contributed by atoms with Crippen molar-refractivity contribution in [3.63, 3.8) is 0 Å². The number of carbonyl (C=O) groups excluding carboxylic acids is 2. The van der Waals surface area contributed by atoms with E-state index in [-0.39, 0.29) is 18.4 Å². The summed E-state index contributed by atoms with van der Waals surface area (Å²) in [5, 5.41) is 5.61. The first-order valence-corrected chi connectivity index (χ1v) is 9.36. The van der Waals surface area contributed by atoms with E-state index >= 15 is 0 Å². The van der Waals surface area contributed by atoms with E-state index in [9.17, 15) is 9.59 Å². The van der Waals surface area contributed by atoms with Crippen LogP contribution in [0, 0.1) is 6.92 Å². The van der Waals surface area contributed by atoms with Crippen LogP contribution < -0.4 is 15.4 Å². The molecule has 2 rings (SSSR count). The molecule has 0 saturated heterocycles. The molecule has 2 aromatic carbocycles. The summed E-state index contributed by atoms with van der Waals surface area (Å²) < 4.78 is 6.49. The van der Waals surface area contributed by atoms with Crippen molar-refractivity contribution in [2.24, 2.45) is 0 Å². The summed E-state index contributed by atoms with van der Waals surface area (Å²) in [7, 11) is 0. The molecular weight excluding hydrogens is 396 g/mol. The lowest BCUT2D eigenvalue weighted by atomic mass is 10.2. The number of hydrogen-bond donors (Lipinski definition) is 2. The lowest BCUT2D eigenvalue weighted by molar-refractivity contribution is -0.118. The number of unbranched alkanes of at least 4 members (excludes halogenated alkanes) is 1. The Kier molecular flexibility index (Phi) is 7.66. The maximum Gasteiger partial charge on any atom is 0.262 e. The number of carbonyl (C=O) groups is 2. The lowest BCUT2D eigenvalue weighted by Gasteiger charge is -2.09. The summed E-state index contributed by atoms with van der Waals surface area (Å²) in [6.45, 7) is 4.61. The molecule has 0 spiro atoms. The third-order valence-electron chi connectivity index (χ3n) is 3.75. The van der Waals surface area contributed by atoms with E-state index in [1.54, 1.807) is 30.3 Å². The molecule has 5 nitrogen and oxygen atoms in total. The molecule has 0 aliphatic heterocycles. The van der Waals surface area contributed by atoms with Crippen LogP contribution in [0.3, 0.4) is 0 Å². The van der Waals surface area contributed by atoms with Crippen LogP contribution >= 0.6 is 15.9 Å². The second-order valence-electron chi connectivity index (χ2n) is 5.93. The molecule has 0 unspecified atom stereocenters. The normalized spacial score (nSPS) is 10.3. The molecule has 2 amide bonds. The molecule has 0 saturated carbocycles. The van der Waals surface area contributed by atoms with Crippen molar-refractivity contribution in [1.82, 2.24) is 5.32 Å². The van der Waals surface area contributed by atoms with Gasteiger partial charge in [0.15, 0.2) is 6.61 Å². The highest BCUT2D eigenvalue weighted by atomic mass is 79.9. The van der Waals surface area contributed by atoms with E-state index in [0.717, 1.165) is 22.9 Å². The Morgan fingerprint density at radius 1 is 1.12 bits per heavy atom. The highest BCUT2D eigenvalue weighted by Gasteiger charge is 2.07. The van der Waals surface area contributed by atoms with Crippen LogP contribution in [-0.4, -0.2) is 25.0 Å². The monoisotopic (exact) mass is 418 g/mol. The first-order chi connectivity index (χ1) is 12.5. The topological polar surface area (TPSA) is 67.4 Å². The number of nitrogens with one attached hydrogen (secondary N) is 2. The molecule has 6 heteroatoms. The van der Waals surface area contributed by atoms with Gasteiger partial charge in [-0.2, -0.15) is 0 Å². The molecule has 0 radical (unpaired) electrons. The smallest absolute Gasteiger partial charge is 0.262 e. The molecule has 138 valence electrons. The molecule has 26 heavy (non-hydrogen) atoms. The number of benzene rings is 2. The molecule has 0 atom stereocenters.